The van der Waals surface area contributed by atoms with E-state index in [1.54, 1.807) is 10.9 Å². The summed E-state index contributed by atoms with van der Waals surface area (Å²) in [6.07, 6.45) is 3.06. The van der Waals surface area contributed by atoms with E-state index in [0.717, 1.165) is 12.1 Å². The van der Waals surface area contributed by atoms with Crippen molar-refractivity contribution >= 4 is 0 Å². The summed E-state index contributed by atoms with van der Waals surface area (Å²) in [6.45, 7) is 4.70. The Balaban J connectivity index is 1.97. The van der Waals surface area contributed by atoms with Gasteiger partial charge in [0, 0.05) is 25.6 Å². The molecule has 7 nitrogen and oxygen atoms in total. The molecule has 18 heavy (non-hydrogen) atoms. The molecule has 0 amide bonds. The maximum atomic E-state index is 8.79. The number of aliphatic hydroxyl groups is 1. The van der Waals surface area contributed by atoms with Crippen molar-refractivity contribution in [2.75, 3.05) is 6.61 Å². The zero-order chi connectivity index (χ0) is 13.0. The molecule has 7 heteroatoms. The molecule has 0 radical (unpaired) electrons. The van der Waals surface area contributed by atoms with Crippen LogP contribution in [-0.2, 0) is 19.4 Å². The van der Waals surface area contributed by atoms with Crippen LogP contribution >= 0.6 is 0 Å². The van der Waals surface area contributed by atoms with E-state index in [9.17, 15) is 0 Å². The van der Waals surface area contributed by atoms with Crippen LogP contribution in [-0.4, -0.2) is 36.8 Å². The summed E-state index contributed by atoms with van der Waals surface area (Å²) >= 11 is 0. The fourth-order valence-electron chi connectivity index (χ4n) is 1.58. The molecule has 0 spiro atoms. The fourth-order valence-corrected chi connectivity index (χ4v) is 1.58. The third-order valence-corrected chi connectivity index (χ3v) is 2.35. The van der Waals surface area contributed by atoms with Crippen molar-refractivity contribution in [3.8, 4) is 0 Å². The maximum Gasteiger partial charge on any atom is 0.226 e. The summed E-state index contributed by atoms with van der Waals surface area (Å²) < 4.78 is 6.77. The quantitative estimate of drug-likeness (QED) is 0.801. The molecular weight excluding hydrogens is 234 g/mol. The molecule has 0 aliphatic rings. The molecule has 0 saturated heterocycles. The first-order chi connectivity index (χ1) is 8.67. The number of nitrogens with zero attached hydrogens (tertiary/aromatic N) is 5. The van der Waals surface area contributed by atoms with Crippen LogP contribution < -0.4 is 0 Å². The molecule has 98 valence electrons. The van der Waals surface area contributed by atoms with Gasteiger partial charge in [0.2, 0.25) is 5.89 Å². The van der Waals surface area contributed by atoms with Crippen LogP contribution in [0.1, 0.15) is 31.3 Å². The maximum absolute atomic E-state index is 8.79. The Morgan fingerprint density at radius 2 is 2.28 bits per heavy atom. The highest BCUT2D eigenvalue weighted by Gasteiger charge is 2.09. The monoisotopic (exact) mass is 251 g/mol. The van der Waals surface area contributed by atoms with Gasteiger partial charge in [-0.2, -0.15) is 4.98 Å². The van der Waals surface area contributed by atoms with E-state index >= 15 is 0 Å². The second-order valence-electron chi connectivity index (χ2n) is 4.58. The predicted octanol–water partition coefficient (Wildman–Crippen LogP) is 0.443. The van der Waals surface area contributed by atoms with E-state index in [1.807, 2.05) is 0 Å². The van der Waals surface area contributed by atoms with E-state index in [4.69, 9.17) is 9.63 Å². The summed E-state index contributed by atoms with van der Waals surface area (Å²) in [5.74, 6) is 1.72. The lowest BCUT2D eigenvalue weighted by molar-refractivity contribution is 0.298. The van der Waals surface area contributed by atoms with Crippen molar-refractivity contribution in [2.24, 2.45) is 5.92 Å². The molecule has 0 unspecified atom stereocenters. The molecule has 1 N–H and O–H groups in total. The molecule has 2 rings (SSSR count). The highest BCUT2D eigenvalue weighted by molar-refractivity contribution is 4.95. The lowest BCUT2D eigenvalue weighted by atomic mass is 10.1. The summed E-state index contributed by atoms with van der Waals surface area (Å²) in [4.78, 5) is 4.29. The van der Waals surface area contributed by atoms with Crippen molar-refractivity contribution < 1.29 is 9.63 Å². The molecule has 2 heterocycles. The van der Waals surface area contributed by atoms with Crippen LogP contribution in [0.3, 0.4) is 0 Å². The van der Waals surface area contributed by atoms with E-state index in [-0.39, 0.29) is 6.61 Å². The molecule has 0 saturated carbocycles. The van der Waals surface area contributed by atoms with Gasteiger partial charge in [-0.1, -0.05) is 24.2 Å². The average Bonchev–Trinajstić information content (AvgIpc) is 2.89. The standard InChI is InChI=1S/C11H17N5O2/c1-8(2)5-11-12-10(14-18-11)7-16-6-9(3-4-17)13-15-16/h6,8,17H,3-5,7H2,1-2H3. The van der Waals surface area contributed by atoms with Crippen molar-refractivity contribution in [2.45, 2.75) is 33.2 Å². The zero-order valence-electron chi connectivity index (χ0n) is 10.6. The van der Waals surface area contributed by atoms with Crippen LogP contribution in [0.15, 0.2) is 10.7 Å². The average molecular weight is 251 g/mol. The van der Waals surface area contributed by atoms with Gasteiger partial charge in [-0.3, -0.25) is 0 Å². The van der Waals surface area contributed by atoms with Gasteiger partial charge in [0.05, 0.1) is 5.69 Å². The fraction of sp³-hybridized carbons (Fsp3) is 0.636. The lowest BCUT2D eigenvalue weighted by Crippen LogP contribution is -2.02. The van der Waals surface area contributed by atoms with Gasteiger partial charge in [0.25, 0.3) is 0 Å². The van der Waals surface area contributed by atoms with Crippen LogP contribution in [0.4, 0.5) is 0 Å². The summed E-state index contributed by atoms with van der Waals surface area (Å²) in [6, 6.07) is 0. The van der Waals surface area contributed by atoms with Gasteiger partial charge in [0.15, 0.2) is 5.82 Å². The molecular formula is C11H17N5O2. The summed E-state index contributed by atoms with van der Waals surface area (Å²) in [7, 11) is 0. The predicted molar refractivity (Wildman–Crippen MR) is 62.8 cm³/mol. The number of hydrogen-bond donors (Lipinski definition) is 1. The van der Waals surface area contributed by atoms with Crippen LogP contribution in [0.25, 0.3) is 0 Å². The van der Waals surface area contributed by atoms with Crippen molar-refractivity contribution in [3.63, 3.8) is 0 Å². The minimum atomic E-state index is 0.0689. The van der Waals surface area contributed by atoms with E-state index < -0.39 is 0 Å². The minimum absolute atomic E-state index is 0.0689. The van der Waals surface area contributed by atoms with Gasteiger partial charge in [-0.15, -0.1) is 5.10 Å². The molecule has 0 atom stereocenters. The molecule has 2 aromatic heterocycles. The Morgan fingerprint density at radius 1 is 1.44 bits per heavy atom. The van der Waals surface area contributed by atoms with Gasteiger partial charge in [-0.25, -0.2) is 4.68 Å². The van der Waals surface area contributed by atoms with Gasteiger partial charge in [0.1, 0.15) is 6.54 Å². The Kier molecular flexibility index (Phi) is 4.03. The van der Waals surface area contributed by atoms with E-state index in [2.05, 4.69) is 34.3 Å². The largest absolute Gasteiger partial charge is 0.396 e. The van der Waals surface area contributed by atoms with Crippen LogP contribution in [0.5, 0.6) is 0 Å². The smallest absolute Gasteiger partial charge is 0.226 e. The second-order valence-corrected chi connectivity index (χ2v) is 4.58. The van der Waals surface area contributed by atoms with Crippen LogP contribution in [0.2, 0.25) is 0 Å². The molecule has 0 aliphatic heterocycles. The first-order valence-corrected chi connectivity index (χ1v) is 5.98. The topological polar surface area (TPSA) is 89.9 Å². The number of aliphatic hydroxyl groups excluding tert-OH is 1. The molecule has 0 aromatic carbocycles. The van der Waals surface area contributed by atoms with Crippen molar-refractivity contribution in [1.82, 2.24) is 25.1 Å². The number of hydrogen-bond acceptors (Lipinski definition) is 6. The third kappa shape index (κ3) is 3.36. The molecule has 0 bridgehead atoms. The number of aromatic nitrogens is 5. The van der Waals surface area contributed by atoms with E-state index in [0.29, 0.717) is 30.6 Å². The first kappa shape index (κ1) is 12.7. The second kappa shape index (κ2) is 5.72. The van der Waals surface area contributed by atoms with Crippen molar-refractivity contribution in [3.05, 3.63) is 23.6 Å². The summed E-state index contributed by atoms with van der Waals surface area (Å²) in [5, 5.41) is 20.5. The first-order valence-electron chi connectivity index (χ1n) is 5.98. The van der Waals surface area contributed by atoms with Crippen LogP contribution in [0, 0.1) is 5.92 Å². The zero-order valence-corrected chi connectivity index (χ0v) is 10.6. The Morgan fingerprint density at radius 3 is 3.00 bits per heavy atom. The van der Waals surface area contributed by atoms with Gasteiger partial charge >= 0.3 is 0 Å². The Bertz CT molecular complexity index is 491. The highest BCUT2D eigenvalue weighted by atomic mass is 16.5. The summed E-state index contributed by atoms with van der Waals surface area (Å²) in [5.41, 5.74) is 0.753. The SMILES string of the molecule is CC(C)Cc1nc(Cn2cc(CCO)nn2)no1. The van der Waals surface area contributed by atoms with Gasteiger partial charge in [-0.05, 0) is 5.92 Å². The Hall–Kier alpha value is -1.76. The number of rotatable bonds is 6. The Labute approximate surface area is 105 Å². The minimum Gasteiger partial charge on any atom is -0.396 e. The van der Waals surface area contributed by atoms with Crippen molar-refractivity contribution in [1.29, 1.82) is 0 Å². The molecule has 0 fully saturated rings. The normalized spacial score (nSPS) is 11.3. The highest BCUT2D eigenvalue weighted by Crippen LogP contribution is 2.06. The van der Waals surface area contributed by atoms with E-state index in [1.165, 1.54) is 0 Å². The molecule has 2 aromatic rings. The lowest BCUT2D eigenvalue weighted by Gasteiger charge is -1.96. The third-order valence-electron chi connectivity index (χ3n) is 2.35. The van der Waals surface area contributed by atoms with Gasteiger partial charge < -0.3 is 9.63 Å². The molecule has 0 aliphatic carbocycles.